The van der Waals surface area contributed by atoms with Gasteiger partial charge in [-0.05, 0) is 31.5 Å². The zero-order valence-electron chi connectivity index (χ0n) is 12.3. The van der Waals surface area contributed by atoms with Crippen molar-refractivity contribution in [3.63, 3.8) is 0 Å². The summed E-state index contributed by atoms with van der Waals surface area (Å²) in [6.45, 7) is 2.71. The number of carbonyl (C=O) groups is 1. The fraction of sp³-hybridized carbons (Fsp3) is 0.500. The highest BCUT2D eigenvalue weighted by Gasteiger charge is 2.29. The largest absolute Gasteiger partial charge is 0.338 e. The highest BCUT2D eigenvalue weighted by Crippen LogP contribution is 2.25. The smallest absolute Gasteiger partial charge is 0.253 e. The Morgan fingerprint density at radius 2 is 2.19 bits per heavy atom. The van der Waals surface area contributed by atoms with E-state index in [1.54, 1.807) is 36.2 Å². The van der Waals surface area contributed by atoms with Gasteiger partial charge in [-0.25, -0.2) is 8.42 Å². The highest BCUT2D eigenvalue weighted by atomic mass is 32.2. The van der Waals surface area contributed by atoms with Crippen LogP contribution in [0.5, 0.6) is 0 Å². The highest BCUT2D eigenvalue weighted by molar-refractivity contribution is 7.93. The number of benzene rings is 1. The van der Waals surface area contributed by atoms with E-state index in [9.17, 15) is 13.2 Å². The molecule has 0 aromatic heterocycles. The molecule has 1 fully saturated rings. The SMILES string of the molecule is CC(CN)N(C)C(=O)c1cccc(N2CCCS2(=O)=O)c1. The van der Waals surface area contributed by atoms with E-state index in [0.717, 1.165) is 0 Å². The summed E-state index contributed by atoms with van der Waals surface area (Å²) in [5, 5.41) is 0. The van der Waals surface area contributed by atoms with Gasteiger partial charge in [-0.1, -0.05) is 6.07 Å². The minimum absolute atomic E-state index is 0.0725. The van der Waals surface area contributed by atoms with E-state index < -0.39 is 10.0 Å². The average molecular weight is 311 g/mol. The molecule has 116 valence electrons. The fourth-order valence-electron chi connectivity index (χ4n) is 2.29. The minimum Gasteiger partial charge on any atom is -0.338 e. The second-order valence-electron chi connectivity index (χ2n) is 5.29. The lowest BCUT2D eigenvalue weighted by molar-refractivity contribution is 0.0748. The van der Waals surface area contributed by atoms with E-state index >= 15 is 0 Å². The lowest BCUT2D eigenvalue weighted by Gasteiger charge is -2.24. The molecule has 2 rings (SSSR count). The molecular formula is C14H21N3O3S. The number of amides is 1. The summed E-state index contributed by atoms with van der Waals surface area (Å²) in [6, 6.07) is 6.67. The first-order valence-corrected chi connectivity index (χ1v) is 8.55. The Kier molecular flexibility index (Phi) is 4.53. The van der Waals surface area contributed by atoms with Gasteiger partial charge in [-0.3, -0.25) is 9.10 Å². The molecule has 7 heteroatoms. The first kappa shape index (κ1) is 15.8. The van der Waals surface area contributed by atoms with Crippen LogP contribution in [0.15, 0.2) is 24.3 Å². The molecular weight excluding hydrogens is 290 g/mol. The molecule has 1 aromatic rings. The van der Waals surface area contributed by atoms with Gasteiger partial charge in [0.05, 0.1) is 11.4 Å². The van der Waals surface area contributed by atoms with Gasteiger partial charge >= 0.3 is 0 Å². The van der Waals surface area contributed by atoms with Crippen molar-refractivity contribution >= 4 is 21.6 Å². The number of carbonyl (C=O) groups excluding carboxylic acids is 1. The predicted molar refractivity (Wildman–Crippen MR) is 82.8 cm³/mol. The number of hydrogen-bond acceptors (Lipinski definition) is 4. The van der Waals surface area contributed by atoms with Crippen LogP contribution < -0.4 is 10.0 Å². The van der Waals surface area contributed by atoms with Crippen molar-refractivity contribution in [2.75, 3.05) is 30.2 Å². The Balaban J connectivity index is 2.28. The maximum atomic E-state index is 12.4. The number of nitrogens with two attached hydrogens (primary N) is 1. The molecule has 1 unspecified atom stereocenters. The van der Waals surface area contributed by atoms with Gasteiger partial charge in [0.2, 0.25) is 10.0 Å². The summed E-state index contributed by atoms with van der Waals surface area (Å²) in [6.07, 6.45) is 0.616. The van der Waals surface area contributed by atoms with Crippen LogP contribution in [0.3, 0.4) is 0 Å². The zero-order chi connectivity index (χ0) is 15.6. The standard InChI is InChI=1S/C14H21N3O3S/c1-11(10-15)16(2)14(18)12-5-3-6-13(9-12)17-7-4-8-21(17,19)20/h3,5-6,9,11H,4,7-8,10,15H2,1-2H3. The first-order valence-electron chi connectivity index (χ1n) is 6.94. The molecule has 0 aliphatic carbocycles. The molecule has 1 heterocycles. The Morgan fingerprint density at radius 3 is 2.76 bits per heavy atom. The number of hydrogen-bond donors (Lipinski definition) is 1. The number of anilines is 1. The predicted octanol–water partition coefficient (Wildman–Crippen LogP) is 0.646. The summed E-state index contributed by atoms with van der Waals surface area (Å²) in [5.41, 5.74) is 6.59. The van der Waals surface area contributed by atoms with Crippen LogP contribution in [-0.2, 0) is 10.0 Å². The van der Waals surface area contributed by atoms with Crippen molar-refractivity contribution in [1.29, 1.82) is 0 Å². The molecule has 1 saturated heterocycles. The quantitative estimate of drug-likeness (QED) is 0.885. The molecule has 1 aliphatic heterocycles. The van der Waals surface area contributed by atoms with Gasteiger partial charge in [0.25, 0.3) is 5.91 Å². The van der Waals surface area contributed by atoms with Gasteiger partial charge in [-0.15, -0.1) is 0 Å². The van der Waals surface area contributed by atoms with Crippen molar-refractivity contribution in [2.24, 2.45) is 5.73 Å². The summed E-state index contributed by atoms with van der Waals surface area (Å²) in [5.74, 6) is 0.00124. The van der Waals surface area contributed by atoms with E-state index in [0.29, 0.717) is 30.8 Å². The average Bonchev–Trinajstić information content (AvgIpc) is 2.84. The van der Waals surface area contributed by atoms with Crippen LogP contribution in [0.25, 0.3) is 0 Å². The van der Waals surface area contributed by atoms with Gasteiger partial charge < -0.3 is 10.6 Å². The van der Waals surface area contributed by atoms with E-state index in [-0.39, 0.29) is 17.7 Å². The van der Waals surface area contributed by atoms with E-state index in [4.69, 9.17) is 5.73 Å². The first-order chi connectivity index (χ1) is 9.86. The van der Waals surface area contributed by atoms with Gasteiger partial charge in [0, 0.05) is 31.7 Å². The Labute approximate surface area is 125 Å². The molecule has 6 nitrogen and oxygen atoms in total. The second kappa shape index (κ2) is 6.03. The van der Waals surface area contributed by atoms with Crippen molar-refractivity contribution in [1.82, 2.24) is 4.90 Å². The van der Waals surface area contributed by atoms with Gasteiger partial charge in [0.1, 0.15) is 0 Å². The van der Waals surface area contributed by atoms with Crippen molar-refractivity contribution in [3.8, 4) is 0 Å². The topological polar surface area (TPSA) is 83.7 Å². The van der Waals surface area contributed by atoms with Crippen LogP contribution in [-0.4, -0.2) is 51.2 Å². The van der Waals surface area contributed by atoms with Crippen LogP contribution in [0.2, 0.25) is 0 Å². The van der Waals surface area contributed by atoms with Crippen LogP contribution >= 0.6 is 0 Å². The molecule has 0 spiro atoms. The summed E-state index contributed by atoms with van der Waals surface area (Å²) in [4.78, 5) is 13.9. The number of rotatable bonds is 4. The molecule has 1 atom stereocenters. The third kappa shape index (κ3) is 3.19. The summed E-state index contributed by atoms with van der Waals surface area (Å²) >= 11 is 0. The minimum atomic E-state index is -3.24. The molecule has 0 radical (unpaired) electrons. The number of sulfonamides is 1. The van der Waals surface area contributed by atoms with Crippen molar-refractivity contribution in [2.45, 2.75) is 19.4 Å². The normalized spacial score (nSPS) is 18.5. The maximum absolute atomic E-state index is 12.4. The second-order valence-corrected chi connectivity index (χ2v) is 7.31. The Morgan fingerprint density at radius 1 is 1.48 bits per heavy atom. The van der Waals surface area contributed by atoms with Crippen molar-refractivity contribution in [3.05, 3.63) is 29.8 Å². The van der Waals surface area contributed by atoms with Crippen LogP contribution in [0, 0.1) is 0 Å². The maximum Gasteiger partial charge on any atom is 0.253 e. The summed E-state index contributed by atoms with van der Waals surface area (Å²) in [7, 11) is -1.54. The Bertz CT molecular complexity index is 630. The van der Waals surface area contributed by atoms with Crippen LogP contribution in [0.4, 0.5) is 5.69 Å². The fourth-order valence-corrected chi connectivity index (χ4v) is 3.84. The molecule has 21 heavy (non-hydrogen) atoms. The summed E-state index contributed by atoms with van der Waals surface area (Å²) < 4.78 is 25.3. The molecule has 1 amide bonds. The van der Waals surface area contributed by atoms with Crippen LogP contribution in [0.1, 0.15) is 23.7 Å². The monoisotopic (exact) mass is 311 g/mol. The lowest BCUT2D eigenvalue weighted by atomic mass is 10.1. The van der Waals surface area contributed by atoms with E-state index in [1.165, 1.54) is 4.31 Å². The molecule has 0 saturated carbocycles. The van der Waals surface area contributed by atoms with Gasteiger partial charge in [-0.2, -0.15) is 0 Å². The molecule has 2 N–H and O–H groups in total. The van der Waals surface area contributed by atoms with Crippen molar-refractivity contribution < 1.29 is 13.2 Å². The number of likely N-dealkylation sites (N-methyl/N-ethyl adjacent to an activating group) is 1. The van der Waals surface area contributed by atoms with Gasteiger partial charge in [0.15, 0.2) is 0 Å². The third-order valence-corrected chi connectivity index (χ3v) is 5.67. The molecule has 1 aliphatic rings. The van der Waals surface area contributed by atoms with E-state index in [2.05, 4.69) is 0 Å². The number of nitrogens with zero attached hydrogens (tertiary/aromatic N) is 2. The molecule has 0 bridgehead atoms. The zero-order valence-corrected chi connectivity index (χ0v) is 13.1. The lowest BCUT2D eigenvalue weighted by Crippen LogP contribution is -2.39. The van der Waals surface area contributed by atoms with E-state index in [1.807, 2.05) is 6.92 Å². The Hall–Kier alpha value is -1.60. The third-order valence-electron chi connectivity index (χ3n) is 3.80. The molecule has 1 aromatic carbocycles.